The maximum atomic E-state index is 13.4. The lowest BCUT2D eigenvalue weighted by molar-refractivity contribution is -0.139. The highest BCUT2D eigenvalue weighted by atomic mass is 19.2. The van der Waals surface area contributed by atoms with Crippen LogP contribution in [0.25, 0.3) is 0 Å². The van der Waals surface area contributed by atoms with E-state index < -0.39 is 29.6 Å². The van der Waals surface area contributed by atoms with E-state index in [-0.39, 0.29) is 5.92 Å². The number of carboxylic acids is 1. The van der Waals surface area contributed by atoms with E-state index >= 15 is 0 Å². The summed E-state index contributed by atoms with van der Waals surface area (Å²) in [6.07, 6.45) is 1.31. The molecule has 1 heterocycles. The van der Waals surface area contributed by atoms with Crippen molar-refractivity contribution in [2.75, 3.05) is 13.2 Å². The zero-order valence-electron chi connectivity index (χ0n) is 10.9. The third-order valence-corrected chi connectivity index (χ3v) is 3.77. The normalized spacial score (nSPS) is 19.6. The number of halogens is 2. The maximum absolute atomic E-state index is 13.4. The predicted molar refractivity (Wildman–Crippen MR) is 68.3 cm³/mol. The molecule has 4 nitrogen and oxygen atoms in total. The standard InChI is InChI=1S/C14H17F2NO3/c15-10-2-1-9(7-11(10)16)12(13(17)14(18)19)8-3-5-20-6-4-8/h1-2,7-8,12-13H,3-6,17H2,(H,18,19)/t12?,13-/m0/s1. The van der Waals surface area contributed by atoms with E-state index in [4.69, 9.17) is 15.6 Å². The molecule has 1 aromatic rings. The smallest absolute Gasteiger partial charge is 0.321 e. The van der Waals surface area contributed by atoms with Gasteiger partial charge >= 0.3 is 5.97 Å². The highest BCUT2D eigenvalue weighted by molar-refractivity contribution is 5.74. The van der Waals surface area contributed by atoms with Gasteiger partial charge in [-0.05, 0) is 36.5 Å². The number of hydrogen-bond acceptors (Lipinski definition) is 3. The Bertz CT molecular complexity index is 489. The summed E-state index contributed by atoms with van der Waals surface area (Å²) < 4.78 is 31.7. The number of hydrogen-bond donors (Lipinski definition) is 2. The van der Waals surface area contributed by atoms with Gasteiger partial charge in [0, 0.05) is 19.1 Å². The zero-order chi connectivity index (χ0) is 14.7. The first-order chi connectivity index (χ1) is 9.50. The Kier molecular flexibility index (Phi) is 4.67. The van der Waals surface area contributed by atoms with Crippen molar-refractivity contribution in [1.82, 2.24) is 0 Å². The Morgan fingerprint density at radius 1 is 1.30 bits per heavy atom. The molecular weight excluding hydrogens is 268 g/mol. The fraction of sp³-hybridized carbons (Fsp3) is 0.500. The van der Waals surface area contributed by atoms with Crippen LogP contribution in [-0.4, -0.2) is 30.3 Å². The average Bonchev–Trinajstić information content (AvgIpc) is 2.44. The molecule has 110 valence electrons. The molecule has 2 atom stereocenters. The van der Waals surface area contributed by atoms with Gasteiger partial charge in [0.1, 0.15) is 6.04 Å². The van der Waals surface area contributed by atoms with Gasteiger partial charge < -0.3 is 15.6 Å². The molecule has 0 spiro atoms. The minimum atomic E-state index is -1.15. The van der Waals surface area contributed by atoms with E-state index in [0.29, 0.717) is 31.6 Å². The van der Waals surface area contributed by atoms with Gasteiger partial charge in [-0.3, -0.25) is 4.79 Å². The summed E-state index contributed by atoms with van der Waals surface area (Å²) in [5, 5.41) is 9.14. The lowest BCUT2D eigenvalue weighted by Gasteiger charge is -2.33. The summed E-state index contributed by atoms with van der Waals surface area (Å²) in [5.74, 6) is -3.65. The van der Waals surface area contributed by atoms with Crippen molar-refractivity contribution in [3.05, 3.63) is 35.4 Å². The van der Waals surface area contributed by atoms with Crippen molar-refractivity contribution in [2.24, 2.45) is 11.7 Å². The fourth-order valence-corrected chi connectivity index (χ4v) is 2.72. The van der Waals surface area contributed by atoms with Crippen LogP contribution in [-0.2, 0) is 9.53 Å². The van der Waals surface area contributed by atoms with E-state index in [9.17, 15) is 13.6 Å². The predicted octanol–water partition coefficient (Wildman–Crippen LogP) is 1.89. The molecule has 1 saturated heterocycles. The second-order valence-electron chi connectivity index (χ2n) is 5.01. The van der Waals surface area contributed by atoms with Crippen molar-refractivity contribution >= 4 is 5.97 Å². The molecule has 0 bridgehead atoms. The molecule has 3 N–H and O–H groups in total. The summed E-state index contributed by atoms with van der Waals surface area (Å²) in [7, 11) is 0. The first-order valence-corrected chi connectivity index (χ1v) is 6.51. The van der Waals surface area contributed by atoms with Gasteiger partial charge in [-0.25, -0.2) is 8.78 Å². The van der Waals surface area contributed by atoms with E-state index in [1.165, 1.54) is 6.07 Å². The van der Waals surface area contributed by atoms with Crippen LogP contribution in [0.5, 0.6) is 0 Å². The number of nitrogens with two attached hydrogens (primary N) is 1. The lowest BCUT2D eigenvalue weighted by Crippen LogP contribution is -2.41. The van der Waals surface area contributed by atoms with Gasteiger partial charge in [0.25, 0.3) is 0 Å². The monoisotopic (exact) mass is 285 g/mol. The number of aliphatic carboxylic acids is 1. The average molecular weight is 285 g/mol. The molecule has 0 aromatic heterocycles. The highest BCUT2D eigenvalue weighted by Crippen LogP contribution is 2.34. The van der Waals surface area contributed by atoms with Crippen LogP contribution >= 0.6 is 0 Å². The number of carbonyl (C=O) groups is 1. The number of carboxylic acid groups (broad SMARTS) is 1. The van der Waals surface area contributed by atoms with Crippen molar-refractivity contribution in [2.45, 2.75) is 24.8 Å². The first-order valence-electron chi connectivity index (χ1n) is 6.51. The molecule has 1 aromatic carbocycles. The third kappa shape index (κ3) is 3.13. The van der Waals surface area contributed by atoms with Crippen LogP contribution in [0.15, 0.2) is 18.2 Å². The topological polar surface area (TPSA) is 72.6 Å². The van der Waals surface area contributed by atoms with Gasteiger partial charge in [-0.15, -0.1) is 0 Å². The van der Waals surface area contributed by atoms with Gasteiger partial charge in [-0.1, -0.05) is 6.07 Å². The van der Waals surface area contributed by atoms with Crippen molar-refractivity contribution in [3.63, 3.8) is 0 Å². The van der Waals surface area contributed by atoms with Crippen molar-refractivity contribution in [1.29, 1.82) is 0 Å². The van der Waals surface area contributed by atoms with E-state index in [1.807, 2.05) is 0 Å². The van der Waals surface area contributed by atoms with Gasteiger partial charge in [-0.2, -0.15) is 0 Å². The van der Waals surface area contributed by atoms with Crippen LogP contribution < -0.4 is 5.73 Å². The third-order valence-electron chi connectivity index (χ3n) is 3.77. The second kappa shape index (κ2) is 6.28. The quantitative estimate of drug-likeness (QED) is 0.886. The first kappa shape index (κ1) is 14.9. The largest absolute Gasteiger partial charge is 0.480 e. The van der Waals surface area contributed by atoms with Gasteiger partial charge in [0.15, 0.2) is 11.6 Å². The Morgan fingerprint density at radius 2 is 1.95 bits per heavy atom. The summed E-state index contributed by atoms with van der Waals surface area (Å²) in [4.78, 5) is 11.2. The van der Waals surface area contributed by atoms with Gasteiger partial charge in [0.05, 0.1) is 0 Å². The highest BCUT2D eigenvalue weighted by Gasteiger charge is 2.34. The van der Waals surface area contributed by atoms with Crippen LogP contribution in [0.3, 0.4) is 0 Å². The molecule has 1 aliphatic heterocycles. The molecule has 1 fully saturated rings. The van der Waals surface area contributed by atoms with Crippen LogP contribution in [0.1, 0.15) is 24.3 Å². The summed E-state index contributed by atoms with van der Waals surface area (Å²) >= 11 is 0. The minimum absolute atomic E-state index is 0.0142. The fourth-order valence-electron chi connectivity index (χ4n) is 2.72. The Morgan fingerprint density at radius 3 is 2.50 bits per heavy atom. The van der Waals surface area contributed by atoms with Crippen LogP contribution in [0, 0.1) is 17.6 Å². The van der Waals surface area contributed by atoms with E-state index in [2.05, 4.69) is 0 Å². The molecule has 6 heteroatoms. The summed E-state index contributed by atoms with van der Waals surface area (Å²) in [6, 6.07) is 2.30. The second-order valence-corrected chi connectivity index (χ2v) is 5.01. The molecular formula is C14H17F2NO3. The lowest BCUT2D eigenvalue weighted by atomic mass is 9.77. The van der Waals surface area contributed by atoms with Crippen molar-refractivity contribution < 1.29 is 23.4 Å². The SMILES string of the molecule is N[C@H](C(=O)O)C(c1ccc(F)c(F)c1)C1CCOCC1. The minimum Gasteiger partial charge on any atom is -0.480 e. The number of ether oxygens (including phenoxy) is 1. The number of benzene rings is 1. The molecule has 0 amide bonds. The van der Waals surface area contributed by atoms with Crippen molar-refractivity contribution in [3.8, 4) is 0 Å². The van der Waals surface area contributed by atoms with Crippen LogP contribution in [0.4, 0.5) is 8.78 Å². The number of rotatable bonds is 4. The molecule has 1 unspecified atom stereocenters. The summed E-state index contributed by atoms with van der Waals surface area (Å²) in [5.41, 5.74) is 6.18. The van der Waals surface area contributed by atoms with Crippen LogP contribution in [0.2, 0.25) is 0 Å². The Balaban J connectivity index is 2.33. The molecule has 0 aliphatic carbocycles. The molecule has 2 rings (SSSR count). The zero-order valence-corrected chi connectivity index (χ0v) is 10.9. The van der Waals surface area contributed by atoms with E-state index in [1.54, 1.807) is 0 Å². The molecule has 1 aliphatic rings. The maximum Gasteiger partial charge on any atom is 0.321 e. The summed E-state index contributed by atoms with van der Waals surface area (Å²) in [6.45, 7) is 1.05. The molecule has 0 saturated carbocycles. The molecule has 0 radical (unpaired) electrons. The Hall–Kier alpha value is -1.53. The molecule has 20 heavy (non-hydrogen) atoms. The van der Waals surface area contributed by atoms with E-state index in [0.717, 1.165) is 12.1 Å². The Labute approximate surface area is 115 Å². The van der Waals surface area contributed by atoms with Gasteiger partial charge in [0.2, 0.25) is 0 Å².